The average molecular weight is 576 g/mol. The Morgan fingerprint density at radius 2 is 1.16 bits per heavy atom. The standard InChI is InChI=1S/C37H40N2O2.C2H6/c1-6-38-32-20-12-28(13-21-32)36(30-16-24-34(40-4)25-17-30)10-9-11-37(31-18-26-35(41-5)27-19-31)29-14-22-33(23-15-29)39(7-2)8-3;1-2/h9-27H,6-8H2,1-5H3;1-2H3/p+1. The minimum absolute atomic E-state index is 0.842. The summed E-state index contributed by atoms with van der Waals surface area (Å²) in [6.45, 7) is 13.3. The Balaban J connectivity index is 0.00000248. The van der Waals surface area contributed by atoms with E-state index >= 15 is 0 Å². The van der Waals surface area contributed by atoms with Crippen molar-refractivity contribution in [3.8, 4) is 11.5 Å². The van der Waals surface area contributed by atoms with Crippen LogP contribution in [0.3, 0.4) is 0 Å². The zero-order valence-electron chi connectivity index (χ0n) is 26.9. The van der Waals surface area contributed by atoms with Crippen LogP contribution in [-0.4, -0.2) is 44.1 Å². The molecule has 0 heterocycles. The molecule has 224 valence electrons. The number of ether oxygens (including phenoxy) is 2. The molecule has 0 amide bonds. The van der Waals surface area contributed by atoms with Crippen molar-refractivity contribution in [2.45, 2.75) is 34.6 Å². The molecular formula is C39H47N2O2+. The third-order valence-electron chi connectivity index (χ3n) is 7.21. The van der Waals surface area contributed by atoms with E-state index in [4.69, 9.17) is 9.47 Å². The van der Waals surface area contributed by atoms with E-state index in [2.05, 4.69) is 122 Å². The minimum atomic E-state index is 0.842. The van der Waals surface area contributed by atoms with Crippen molar-refractivity contribution >= 4 is 22.5 Å². The molecule has 0 unspecified atom stereocenters. The Hall–Kier alpha value is -4.57. The van der Waals surface area contributed by atoms with Crippen molar-refractivity contribution in [2.24, 2.45) is 0 Å². The van der Waals surface area contributed by atoms with Crippen molar-refractivity contribution in [3.63, 3.8) is 0 Å². The summed E-state index contributed by atoms with van der Waals surface area (Å²) in [6.07, 6.45) is 15.4. The molecule has 4 heteroatoms. The predicted octanol–water partition coefficient (Wildman–Crippen LogP) is 9.22. The van der Waals surface area contributed by atoms with E-state index in [0.29, 0.717) is 0 Å². The first-order chi connectivity index (χ1) is 21.1. The highest BCUT2D eigenvalue weighted by Crippen LogP contribution is 2.29. The number of hydrogen-bond donors (Lipinski definition) is 1. The molecule has 0 bridgehead atoms. The first kappa shape index (κ1) is 32.9. The van der Waals surface area contributed by atoms with Crippen LogP contribution in [0, 0.1) is 0 Å². The highest BCUT2D eigenvalue weighted by molar-refractivity contribution is 6.03. The topological polar surface area (TPSA) is 33.5 Å². The lowest BCUT2D eigenvalue weighted by molar-refractivity contribution is -0.519. The molecule has 0 atom stereocenters. The minimum Gasteiger partial charge on any atom is -0.497 e. The van der Waals surface area contributed by atoms with E-state index in [0.717, 1.165) is 70.2 Å². The van der Waals surface area contributed by atoms with Crippen LogP contribution >= 0.6 is 0 Å². The highest BCUT2D eigenvalue weighted by atomic mass is 16.5. The number of nitrogens with zero attached hydrogens (tertiary/aromatic N) is 1. The Bertz CT molecular complexity index is 1460. The number of benzene rings is 3. The summed E-state index contributed by atoms with van der Waals surface area (Å²) in [7, 11) is 3.39. The van der Waals surface area contributed by atoms with Gasteiger partial charge >= 0.3 is 0 Å². The Labute approximate surface area is 259 Å². The number of methoxy groups -OCH3 is 2. The number of rotatable bonds is 11. The molecule has 3 aromatic rings. The van der Waals surface area contributed by atoms with Crippen molar-refractivity contribution in [1.82, 2.24) is 0 Å². The van der Waals surface area contributed by atoms with E-state index in [1.165, 1.54) is 5.71 Å². The zero-order chi connectivity index (χ0) is 31.0. The quantitative estimate of drug-likeness (QED) is 0.183. The highest BCUT2D eigenvalue weighted by Gasteiger charge is 2.12. The van der Waals surface area contributed by atoms with Crippen LogP contribution in [0.4, 0.5) is 5.69 Å². The van der Waals surface area contributed by atoms with Crippen LogP contribution in [0.15, 0.2) is 121 Å². The SMILES string of the molecule is CC.CCNc1ccc(/C(=C\C=C\C(=C2C=CC(=[N+](CC)CC)C=C2)c2ccc(OC)cc2)c2ccc(OC)cc2)cc1. The van der Waals surface area contributed by atoms with Crippen LogP contribution in [-0.2, 0) is 0 Å². The second-order valence-electron chi connectivity index (χ2n) is 9.64. The molecule has 1 aliphatic rings. The van der Waals surface area contributed by atoms with E-state index < -0.39 is 0 Å². The second-order valence-corrected chi connectivity index (χ2v) is 9.64. The molecular weight excluding hydrogens is 528 g/mol. The Morgan fingerprint density at radius 3 is 1.63 bits per heavy atom. The molecule has 0 saturated heterocycles. The Morgan fingerprint density at radius 1 is 0.674 bits per heavy atom. The van der Waals surface area contributed by atoms with Gasteiger partial charge in [-0.3, -0.25) is 0 Å². The van der Waals surface area contributed by atoms with E-state index in [-0.39, 0.29) is 0 Å². The molecule has 1 aliphatic carbocycles. The monoisotopic (exact) mass is 575 g/mol. The summed E-state index contributed by atoms with van der Waals surface area (Å²) < 4.78 is 13.2. The molecule has 4 rings (SSSR count). The molecule has 0 aromatic heterocycles. The lowest BCUT2D eigenvalue weighted by Crippen LogP contribution is -2.19. The van der Waals surface area contributed by atoms with Gasteiger partial charge in [-0.05, 0) is 103 Å². The van der Waals surface area contributed by atoms with Gasteiger partial charge in [-0.1, -0.05) is 68.5 Å². The maximum Gasteiger partial charge on any atom is 0.199 e. The average Bonchev–Trinajstić information content (AvgIpc) is 3.08. The van der Waals surface area contributed by atoms with Crippen LogP contribution in [0.2, 0.25) is 0 Å². The predicted molar refractivity (Wildman–Crippen MR) is 186 cm³/mol. The molecule has 0 spiro atoms. The Kier molecular flexibility index (Phi) is 13.3. The van der Waals surface area contributed by atoms with Crippen LogP contribution in [0.25, 0.3) is 11.1 Å². The summed E-state index contributed by atoms with van der Waals surface area (Å²) >= 11 is 0. The van der Waals surface area contributed by atoms with Crippen LogP contribution in [0.5, 0.6) is 11.5 Å². The molecule has 0 radical (unpaired) electrons. The summed E-state index contributed by atoms with van der Waals surface area (Å²) in [5.41, 5.74) is 9.20. The normalized spacial score (nSPS) is 12.6. The maximum atomic E-state index is 5.42. The van der Waals surface area contributed by atoms with Gasteiger partial charge in [0, 0.05) is 24.4 Å². The van der Waals surface area contributed by atoms with Crippen LogP contribution < -0.4 is 14.8 Å². The maximum absolute atomic E-state index is 5.42. The summed E-state index contributed by atoms with van der Waals surface area (Å²) in [6, 6.07) is 25.1. The van der Waals surface area contributed by atoms with Crippen LogP contribution in [0.1, 0.15) is 51.3 Å². The number of anilines is 1. The van der Waals surface area contributed by atoms with Gasteiger partial charge < -0.3 is 14.8 Å². The van der Waals surface area contributed by atoms with Crippen molar-refractivity contribution in [3.05, 3.63) is 138 Å². The van der Waals surface area contributed by atoms with Crippen molar-refractivity contribution in [2.75, 3.05) is 39.2 Å². The number of hydrogen-bond acceptors (Lipinski definition) is 3. The molecule has 3 aromatic carbocycles. The third-order valence-corrected chi connectivity index (χ3v) is 7.21. The fraction of sp³-hybridized carbons (Fsp3) is 0.256. The lowest BCUT2D eigenvalue weighted by atomic mass is 9.94. The number of nitrogens with one attached hydrogen (secondary N) is 1. The summed E-state index contributed by atoms with van der Waals surface area (Å²) in [5, 5.41) is 3.38. The molecule has 43 heavy (non-hydrogen) atoms. The fourth-order valence-electron chi connectivity index (χ4n) is 4.91. The van der Waals surface area contributed by atoms with Crippen molar-refractivity contribution < 1.29 is 14.0 Å². The van der Waals surface area contributed by atoms with Gasteiger partial charge in [0.05, 0.1) is 14.2 Å². The van der Waals surface area contributed by atoms with Gasteiger partial charge in [-0.2, -0.15) is 0 Å². The summed E-state index contributed by atoms with van der Waals surface area (Å²) in [5.74, 6) is 1.69. The first-order valence-corrected chi connectivity index (χ1v) is 15.3. The lowest BCUT2D eigenvalue weighted by Gasteiger charge is -2.12. The third kappa shape index (κ3) is 8.96. The van der Waals surface area contributed by atoms with Crippen molar-refractivity contribution in [1.29, 1.82) is 0 Å². The zero-order valence-corrected chi connectivity index (χ0v) is 26.9. The largest absolute Gasteiger partial charge is 0.497 e. The van der Waals surface area contributed by atoms with Gasteiger partial charge in [0.15, 0.2) is 5.71 Å². The second kappa shape index (κ2) is 17.4. The molecule has 0 saturated carbocycles. The summed E-state index contributed by atoms with van der Waals surface area (Å²) in [4.78, 5) is 0. The number of allylic oxidation sites excluding steroid dienone is 9. The van der Waals surface area contributed by atoms with Gasteiger partial charge in [0.25, 0.3) is 0 Å². The van der Waals surface area contributed by atoms with E-state index in [1.54, 1.807) is 14.2 Å². The van der Waals surface area contributed by atoms with E-state index in [1.807, 2.05) is 38.1 Å². The van der Waals surface area contributed by atoms with Gasteiger partial charge in [-0.15, -0.1) is 0 Å². The van der Waals surface area contributed by atoms with E-state index in [9.17, 15) is 0 Å². The molecule has 4 nitrogen and oxygen atoms in total. The smallest absolute Gasteiger partial charge is 0.199 e. The molecule has 0 aliphatic heterocycles. The molecule has 0 fully saturated rings. The van der Waals surface area contributed by atoms with Gasteiger partial charge in [0.1, 0.15) is 24.6 Å². The van der Waals surface area contributed by atoms with Gasteiger partial charge in [-0.25, -0.2) is 4.58 Å². The molecule has 1 N–H and O–H groups in total. The first-order valence-electron chi connectivity index (χ1n) is 15.3. The fourth-order valence-corrected chi connectivity index (χ4v) is 4.91. The van der Waals surface area contributed by atoms with Gasteiger partial charge in [0.2, 0.25) is 0 Å².